The van der Waals surface area contributed by atoms with Gasteiger partial charge in [0.1, 0.15) is 5.15 Å². The maximum absolute atomic E-state index is 5.80. The summed E-state index contributed by atoms with van der Waals surface area (Å²) in [5.74, 6) is 0.420. The first-order valence-electron chi connectivity index (χ1n) is 6.18. The van der Waals surface area contributed by atoms with Gasteiger partial charge in [-0.25, -0.2) is 9.50 Å². The number of nitrogens with zero attached hydrogens (tertiary/aromatic N) is 3. The lowest BCUT2D eigenvalue weighted by molar-refractivity contribution is 0.872. The second-order valence-electron chi connectivity index (χ2n) is 3.27. The molecular formula is C13H22ClN3. The normalized spacial score (nSPS) is 9.41. The van der Waals surface area contributed by atoms with Crippen LogP contribution in [0.4, 0.5) is 0 Å². The quantitative estimate of drug-likeness (QED) is 0.700. The first kappa shape index (κ1) is 15.9. The smallest absolute Gasteiger partial charge is 0.160 e. The fourth-order valence-corrected chi connectivity index (χ4v) is 1.41. The Morgan fingerprint density at radius 1 is 1.18 bits per heavy atom. The van der Waals surface area contributed by atoms with Crippen LogP contribution in [0, 0.1) is 0 Å². The third kappa shape index (κ3) is 4.00. The largest absolute Gasteiger partial charge is 0.222 e. The van der Waals surface area contributed by atoms with Crippen molar-refractivity contribution in [2.45, 2.75) is 47.5 Å². The van der Waals surface area contributed by atoms with E-state index >= 15 is 0 Å². The summed E-state index contributed by atoms with van der Waals surface area (Å²) in [6.07, 6.45) is 3.65. The van der Waals surface area contributed by atoms with Crippen LogP contribution in [0.5, 0.6) is 0 Å². The van der Waals surface area contributed by atoms with Gasteiger partial charge in [-0.2, -0.15) is 5.10 Å². The maximum Gasteiger partial charge on any atom is 0.160 e. The average Bonchev–Trinajstić information content (AvgIpc) is 2.77. The number of hydrogen-bond acceptors (Lipinski definition) is 2. The molecular weight excluding hydrogens is 234 g/mol. The molecule has 0 spiro atoms. The minimum absolute atomic E-state index is 0.420. The van der Waals surface area contributed by atoms with Crippen LogP contribution in [0.15, 0.2) is 18.5 Å². The van der Waals surface area contributed by atoms with Crippen LogP contribution in [-0.4, -0.2) is 14.6 Å². The van der Waals surface area contributed by atoms with Crippen LogP contribution in [-0.2, 0) is 0 Å². The maximum atomic E-state index is 5.80. The first-order valence-corrected chi connectivity index (χ1v) is 6.56. The standard InChI is InChI=1S/C9H10ClN3.2C2H6/c1-6(2)7-5-11-13-4-3-8(10)12-9(7)13;2*1-2/h3-6H,1-2H3;2*1-2H3. The Hall–Kier alpha value is -1.09. The van der Waals surface area contributed by atoms with Crippen molar-refractivity contribution >= 4 is 17.2 Å². The summed E-state index contributed by atoms with van der Waals surface area (Å²) in [5.41, 5.74) is 1.98. The molecule has 0 atom stereocenters. The van der Waals surface area contributed by atoms with Gasteiger partial charge in [0.05, 0.1) is 6.20 Å². The van der Waals surface area contributed by atoms with E-state index in [0.29, 0.717) is 11.1 Å². The third-order valence-electron chi connectivity index (χ3n) is 1.98. The van der Waals surface area contributed by atoms with Crippen LogP contribution in [0.1, 0.15) is 53.0 Å². The molecule has 17 heavy (non-hydrogen) atoms. The fourth-order valence-electron chi connectivity index (χ4n) is 1.27. The molecule has 0 aliphatic heterocycles. The molecule has 0 fully saturated rings. The van der Waals surface area contributed by atoms with E-state index in [1.807, 2.05) is 40.1 Å². The molecule has 3 nitrogen and oxygen atoms in total. The topological polar surface area (TPSA) is 30.2 Å². The van der Waals surface area contributed by atoms with Gasteiger partial charge in [0.15, 0.2) is 5.65 Å². The molecule has 0 N–H and O–H groups in total. The summed E-state index contributed by atoms with van der Waals surface area (Å²) in [5, 5.41) is 4.69. The van der Waals surface area contributed by atoms with Crippen LogP contribution in [0.2, 0.25) is 5.15 Å². The lowest BCUT2D eigenvalue weighted by atomic mass is 10.1. The van der Waals surface area contributed by atoms with Crippen LogP contribution in [0.25, 0.3) is 5.65 Å². The molecule has 0 aliphatic rings. The highest BCUT2D eigenvalue weighted by Gasteiger charge is 2.08. The predicted octanol–water partition coefficient (Wildman–Crippen LogP) is 4.56. The van der Waals surface area contributed by atoms with Crippen molar-refractivity contribution in [1.29, 1.82) is 0 Å². The predicted molar refractivity (Wildman–Crippen MR) is 74.8 cm³/mol. The molecule has 4 heteroatoms. The molecule has 2 aromatic rings. The number of rotatable bonds is 1. The second-order valence-corrected chi connectivity index (χ2v) is 3.66. The summed E-state index contributed by atoms with van der Waals surface area (Å²) in [6.45, 7) is 12.2. The van der Waals surface area contributed by atoms with Gasteiger partial charge in [-0.3, -0.25) is 0 Å². The van der Waals surface area contributed by atoms with E-state index in [1.54, 1.807) is 10.6 Å². The Labute approximate surface area is 109 Å². The Bertz CT molecular complexity index is 435. The molecule has 0 bridgehead atoms. The highest BCUT2D eigenvalue weighted by molar-refractivity contribution is 6.29. The summed E-state index contributed by atoms with van der Waals surface area (Å²) in [7, 11) is 0. The van der Waals surface area contributed by atoms with Crippen molar-refractivity contribution in [2.24, 2.45) is 0 Å². The fraction of sp³-hybridized carbons (Fsp3) is 0.538. The van der Waals surface area contributed by atoms with Crippen molar-refractivity contribution in [3.05, 3.63) is 29.2 Å². The summed E-state index contributed by atoms with van der Waals surface area (Å²) < 4.78 is 1.74. The monoisotopic (exact) mass is 255 g/mol. The van der Waals surface area contributed by atoms with Crippen molar-refractivity contribution in [3.63, 3.8) is 0 Å². The van der Waals surface area contributed by atoms with Gasteiger partial charge in [-0.1, -0.05) is 53.1 Å². The Balaban J connectivity index is 0.000000581. The second kappa shape index (κ2) is 8.07. The summed E-state index contributed by atoms with van der Waals surface area (Å²) in [6, 6.07) is 1.73. The zero-order valence-corrected chi connectivity index (χ0v) is 12.3. The van der Waals surface area contributed by atoms with E-state index in [9.17, 15) is 0 Å². The molecule has 0 unspecified atom stereocenters. The lowest BCUT2D eigenvalue weighted by Crippen LogP contribution is -1.92. The number of halogens is 1. The van der Waals surface area contributed by atoms with Gasteiger partial charge in [0.25, 0.3) is 0 Å². The molecule has 96 valence electrons. The van der Waals surface area contributed by atoms with Crippen LogP contribution >= 0.6 is 11.6 Å². The summed E-state index contributed by atoms with van der Waals surface area (Å²) >= 11 is 5.80. The van der Waals surface area contributed by atoms with E-state index in [2.05, 4.69) is 23.9 Å². The molecule has 2 heterocycles. The number of hydrogen-bond donors (Lipinski definition) is 0. The molecule has 0 radical (unpaired) electrons. The van der Waals surface area contributed by atoms with Gasteiger partial charge in [0, 0.05) is 11.8 Å². The number of fused-ring (bicyclic) bond motifs is 1. The SMILES string of the molecule is CC.CC.CC(C)c1cnn2ccc(Cl)nc12. The van der Waals surface area contributed by atoms with E-state index in [0.717, 1.165) is 11.2 Å². The van der Waals surface area contributed by atoms with E-state index in [-0.39, 0.29) is 0 Å². The molecule has 0 amide bonds. The van der Waals surface area contributed by atoms with E-state index in [1.165, 1.54) is 0 Å². The van der Waals surface area contributed by atoms with Crippen molar-refractivity contribution in [2.75, 3.05) is 0 Å². The van der Waals surface area contributed by atoms with Gasteiger partial charge in [-0.05, 0) is 12.0 Å². The minimum atomic E-state index is 0.420. The highest BCUT2D eigenvalue weighted by Crippen LogP contribution is 2.19. The van der Waals surface area contributed by atoms with Crippen molar-refractivity contribution in [1.82, 2.24) is 14.6 Å². The van der Waals surface area contributed by atoms with E-state index < -0.39 is 0 Å². The van der Waals surface area contributed by atoms with Gasteiger partial charge in [-0.15, -0.1) is 0 Å². The molecule has 2 aromatic heterocycles. The molecule has 0 saturated carbocycles. The zero-order valence-electron chi connectivity index (χ0n) is 11.5. The lowest BCUT2D eigenvalue weighted by Gasteiger charge is -2.00. The average molecular weight is 256 g/mol. The third-order valence-corrected chi connectivity index (χ3v) is 2.19. The highest BCUT2D eigenvalue weighted by atomic mass is 35.5. The Morgan fingerprint density at radius 2 is 1.76 bits per heavy atom. The zero-order chi connectivity index (χ0) is 13.4. The molecule has 0 aliphatic carbocycles. The Morgan fingerprint density at radius 3 is 2.29 bits per heavy atom. The van der Waals surface area contributed by atoms with Crippen LogP contribution < -0.4 is 0 Å². The van der Waals surface area contributed by atoms with Crippen molar-refractivity contribution < 1.29 is 0 Å². The van der Waals surface area contributed by atoms with Crippen LogP contribution in [0.3, 0.4) is 0 Å². The Kier molecular flexibility index (Phi) is 7.55. The van der Waals surface area contributed by atoms with Gasteiger partial charge >= 0.3 is 0 Å². The van der Waals surface area contributed by atoms with E-state index in [4.69, 9.17) is 11.6 Å². The summed E-state index contributed by atoms with van der Waals surface area (Å²) in [4.78, 5) is 4.22. The van der Waals surface area contributed by atoms with Gasteiger partial charge < -0.3 is 0 Å². The van der Waals surface area contributed by atoms with Gasteiger partial charge in [0.2, 0.25) is 0 Å². The first-order chi connectivity index (χ1) is 8.18. The number of aromatic nitrogens is 3. The molecule has 0 aromatic carbocycles. The van der Waals surface area contributed by atoms with Crippen molar-refractivity contribution in [3.8, 4) is 0 Å². The minimum Gasteiger partial charge on any atom is -0.222 e. The molecule has 0 saturated heterocycles. The molecule has 2 rings (SSSR count).